The highest BCUT2D eigenvalue weighted by molar-refractivity contribution is 5.94. The highest BCUT2D eigenvalue weighted by atomic mass is 16.5. The summed E-state index contributed by atoms with van der Waals surface area (Å²) in [6.07, 6.45) is 0.710. The molecule has 0 unspecified atom stereocenters. The Morgan fingerprint density at radius 3 is 2.61 bits per heavy atom. The summed E-state index contributed by atoms with van der Waals surface area (Å²) < 4.78 is 5.64. The number of rotatable bonds is 10. The fourth-order valence-electron chi connectivity index (χ4n) is 2.42. The van der Waals surface area contributed by atoms with E-state index >= 15 is 0 Å². The molecule has 0 saturated heterocycles. The monoisotopic (exact) mass is 384 g/mol. The quantitative estimate of drug-likeness (QED) is 0.286. The maximum Gasteiger partial charge on any atom is 0.251 e. The van der Waals surface area contributed by atoms with Crippen LogP contribution in [-0.4, -0.2) is 49.8 Å². The van der Waals surface area contributed by atoms with E-state index in [0.717, 1.165) is 18.3 Å². The van der Waals surface area contributed by atoms with Crippen molar-refractivity contribution in [1.82, 2.24) is 16.0 Å². The zero-order chi connectivity index (χ0) is 20.0. The molecule has 1 amide bonds. The van der Waals surface area contributed by atoms with Gasteiger partial charge >= 0.3 is 0 Å². The second kappa shape index (κ2) is 12.2. The van der Waals surface area contributed by atoms with Gasteiger partial charge in [-0.05, 0) is 43.7 Å². The first-order chi connectivity index (χ1) is 13.7. The minimum Gasteiger partial charge on any atom is -0.508 e. The Kier molecular flexibility index (Phi) is 9.20. The largest absolute Gasteiger partial charge is 0.508 e. The molecule has 7 heteroatoms. The Bertz CT molecular complexity index is 750. The van der Waals surface area contributed by atoms with Crippen LogP contribution >= 0.6 is 0 Å². The zero-order valence-corrected chi connectivity index (χ0v) is 16.1. The molecule has 0 heterocycles. The Labute approximate surface area is 165 Å². The zero-order valence-electron chi connectivity index (χ0n) is 16.1. The van der Waals surface area contributed by atoms with Gasteiger partial charge in [0.2, 0.25) is 0 Å². The third kappa shape index (κ3) is 7.99. The number of hydrogen-bond donors (Lipinski definition) is 4. The summed E-state index contributed by atoms with van der Waals surface area (Å²) in [7, 11) is 0. The number of phenols is 1. The molecule has 0 saturated carbocycles. The van der Waals surface area contributed by atoms with Gasteiger partial charge in [0.1, 0.15) is 18.1 Å². The number of amides is 1. The number of nitrogens with one attached hydrogen (secondary N) is 3. The number of benzene rings is 2. The predicted molar refractivity (Wildman–Crippen MR) is 111 cm³/mol. The lowest BCUT2D eigenvalue weighted by molar-refractivity contribution is 0.0953. The smallest absolute Gasteiger partial charge is 0.251 e. The Morgan fingerprint density at radius 1 is 1.04 bits per heavy atom. The molecule has 0 radical (unpaired) electrons. The minimum atomic E-state index is -0.206. The summed E-state index contributed by atoms with van der Waals surface area (Å²) in [5.74, 6) is 1.44. The number of carbonyl (C=O) groups is 1. The van der Waals surface area contributed by atoms with E-state index < -0.39 is 0 Å². The number of guanidine groups is 1. The summed E-state index contributed by atoms with van der Waals surface area (Å²) in [6, 6.07) is 16.0. The van der Waals surface area contributed by atoms with Crippen LogP contribution in [0.15, 0.2) is 59.6 Å². The summed E-state index contributed by atoms with van der Waals surface area (Å²) in [5.41, 5.74) is 0.442. The number of para-hydroxylation sites is 1. The van der Waals surface area contributed by atoms with Gasteiger partial charge in [0, 0.05) is 25.2 Å². The number of aromatic hydroxyl groups is 1. The van der Waals surface area contributed by atoms with E-state index in [2.05, 4.69) is 20.9 Å². The van der Waals surface area contributed by atoms with Crippen molar-refractivity contribution < 1.29 is 14.6 Å². The first-order valence-electron chi connectivity index (χ1n) is 9.46. The van der Waals surface area contributed by atoms with E-state index in [9.17, 15) is 9.90 Å². The molecular weight excluding hydrogens is 356 g/mol. The molecule has 0 spiro atoms. The average molecular weight is 384 g/mol. The molecule has 0 aliphatic carbocycles. The van der Waals surface area contributed by atoms with Gasteiger partial charge in [0.25, 0.3) is 5.91 Å². The SMILES string of the molecule is CCNC(=NCCCNC(=O)c1cccc(O)c1)NCCOc1ccccc1. The predicted octanol–water partition coefficient (Wildman–Crippen LogP) is 2.15. The van der Waals surface area contributed by atoms with Crippen molar-refractivity contribution in [3.8, 4) is 11.5 Å². The van der Waals surface area contributed by atoms with E-state index in [-0.39, 0.29) is 11.7 Å². The third-order valence-corrected chi connectivity index (χ3v) is 3.75. The fraction of sp³-hybridized carbons (Fsp3) is 0.333. The van der Waals surface area contributed by atoms with E-state index in [1.54, 1.807) is 12.1 Å². The summed E-state index contributed by atoms with van der Waals surface area (Å²) in [4.78, 5) is 16.5. The average Bonchev–Trinajstić information content (AvgIpc) is 2.71. The van der Waals surface area contributed by atoms with Crippen molar-refractivity contribution in [2.75, 3.05) is 32.8 Å². The second-order valence-electron chi connectivity index (χ2n) is 6.01. The highest BCUT2D eigenvalue weighted by Gasteiger charge is 2.05. The van der Waals surface area contributed by atoms with Crippen LogP contribution in [0.5, 0.6) is 11.5 Å². The number of carbonyl (C=O) groups excluding carboxylic acids is 1. The molecule has 0 aliphatic heterocycles. The Hall–Kier alpha value is -3.22. The number of aliphatic imine (C=N–C) groups is 1. The Balaban J connectivity index is 1.65. The van der Waals surface area contributed by atoms with Crippen LogP contribution in [-0.2, 0) is 0 Å². The summed E-state index contributed by atoms with van der Waals surface area (Å²) in [6.45, 7) is 5.03. The van der Waals surface area contributed by atoms with Crippen LogP contribution in [0.2, 0.25) is 0 Å². The van der Waals surface area contributed by atoms with Gasteiger partial charge in [-0.2, -0.15) is 0 Å². The summed E-state index contributed by atoms with van der Waals surface area (Å²) in [5, 5.41) is 18.6. The van der Waals surface area contributed by atoms with Gasteiger partial charge in [0.05, 0.1) is 6.54 Å². The van der Waals surface area contributed by atoms with Crippen molar-refractivity contribution in [2.24, 2.45) is 4.99 Å². The van der Waals surface area contributed by atoms with E-state index in [4.69, 9.17) is 4.74 Å². The molecule has 4 N–H and O–H groups in total. The molecule has 0 atom stereocenters. The molecule has 7 nitrogen and oxygen atoms in total. The van der Waals surface area contributed by atoms with E-state index in [1.165, 1.54) is 12.1 Å². The maximum absolute atomic E-state index is 12.0. The highest BCUT2D eigenvalue weighted by Crippen LogP contribution is 2.10. The normalized spacial score (nSPS) is 11.0. The molecule has 0 fully saturated rings. The van der Waals surface area contributed by atoms with E-state index in [1.807, 2.05) is 37.3 Å². The maximum atomic E-state index is 12.0. The van der Waals surface area contributed by atoms with Gasteiger partial charge in [0.15, 0.2) is 5.96 Å². The number of phenolic OH excluding ortho intramolecular Hbond substituents is 1. The first kappa shape index (κ1) is 21.1. The van der Waals surface area contributed by atoms with Crippen LogP contribution < -0.4 is 20.7 Å². The third-order valence-electron chi connectivity index (χ3n) is 3.75. The first-order valence-corrected chi connectivity index (χ1v) is 9.46. The van der Waals surface area contributed by atoms with Crippen molar-refractivity contribution in [2.45, 2.75) is 13.3 Å². The van der Waals surface area contributed by atoms with E-state index in [0.29, 0.717) is 38.2 Å². The standard InChI is InChI=1S/C21H28N4O3/c1-2-22-21(25-14-15-28-19-10-4-3-5-11-19)24-13-7-12-23-20(27)17-8-6-9-18(26)16-17/h3-6,8-11,16,26H,2,7,12-15H2,1H3,(H,23,27)(H2,22,24,25). The molecule has 2 aromatic carbocycles. The molecule has 0 aliphatic rings. The van der Waals surface area contributed by atoms with Gasteiger partial charge in [-0.3, -0.25) is 9.79 Å². The molecule has 150 valence electrons. The van der Waals surface area contributed by atoms with Crippen molar-refractivity contribution >= 4 is 11.9 Å². The number of ether oxygens (including phenoxy) is 1. The van der Waals surface area contributed by atoms with Crippen molar-refractivity contribution in [3.05, 3.63) is 60.2 Å². The fourth-order valence-corrected chi connectivity index (χ4v) is 2.42. The lowest BCUT2D eigenvalue weighted by atomic mass is 10.2. The lowest BCUT2D eigenvalue weighted by Crippen LogP contribution is -2.39. The van der Waals surface area contributed by atoms with Crippen molar-refractivity contribution in [1.29, 1.82) is 0 Å². The topological polar surface area (TPSA) is 95.0 Å². The van der Waals surface area contributed by atoms with Gasteiger partial charge < -0.3 is 25.8 Å². The number of nitrogens with zero attached hydrogens (tertiary/aromatic N) is 1. The lowest BCUT2D eigenvalue weighted by Gasteiger charge is -2.12. The molecule has 0 aromatic heterocycles. The van der Waals surface area contributed by atoms with Crippen LogP contribution in [0.25, 0.3) is 0 Å². The molecule has 2 rings (SSSR count). The van der Waals surface area contributed by atoms with Crippen LogP contribution in [0.1, 0.15) is 23.7 Å². The molecule has 0 bridgehead atoms. The molecule has 2 aromatic rings. The van der Waals surface area contributed by atoms with Crippen LogP contribution in [0.4, 0.5) is 0 Å². The minimum absolute atomic E-state index is 0.0786. The van der Waals surface area contributed by atoms with Crippen molar-refractivity contribution in [3.63, 3.8) is 0 Å². The van der Waals surface area contributed by atoms with Gasteiger partial charge in [-0.15, -0.1) is 0 Å². The van der Waals surface area contributed by atoms with Gasteiger partial charge in [-0.25, -0.2) is 0 Å². The Morgan fingerprint density at radius 2 is 1.86 bits per heavy atom. The van der Waals surface area contributed by atoms with Crippen LogP contribution in [0.3, 0.4) is 0 Å². The number of hydrogen-bond acceptors (Lipinski definition) is 4. The summed E-state index contributed by atoms with van der Waals surface area (Å²) >= 11 is 0. The van der Waals surface area contributed by atoms with Gasteiger partial charge in [-0.1, -0.05) is 24.3 Å². The molecule has 28 heavy (non-hydrogen) atoms. The molecular formula is C21H28N4O3. The van der Waals surface area contributed by atoms with Crippen LogP contribution in [0, 0.1) is 0 Å². The second-order valence-corrected chi connectivity index (χ2v) is 6.01.